The summed E-state index contributed by atoms with van der Waals surface area (Å²) in [5, 5.41) is 0. The van der Waals surface area contributed by atoms with Crippen molar-refractivity contribution in [2.45, 2.75) is 46.5 Å². The molecule has 0 saturated carbocycles. The fraction of sp³-hybridized carbons (Fsp3) is 1.00. The third kappa shape index (κ3) is 7.03. The fourth-order valence-corrected chi connectivity index (χ4v) is 1.88. The molecule has 0 aliphatic heterocycles. The van der Waals surface area contributed by atoms with Crippen LogP contribution in [0.4, 0.5) is 0 Å². The first-order chi connectivity index (χ1) is 6.02. The lowest BCUT2D eigenvalue weighted by Crippen LogP contribution is -2.21. The fourth-order valence-electron chi connectivity index (χ4n) is 1.88. The van der Waals surface area contributed by atoms with E-state index in [4.69, 9.17) is 11.5 Å². The largest absolute Gasteiger partial charge is 0.330 e. The third-order valence-corrected chi connectivity index (χ3v) is 2.61. The Bertz CT molecular complexity index is 121. The van der Waals surface area contributed by atoms with Gasteiger partial charge in [-0.15, -0.1) is 0 Å². The second-order valence-corrected chi connectivity index (χ2v) is 4.95. The molecule has 0 aliphatic carbocycles. The summed E-state index contributed by atoms with van der Waals surface area (Å²) in [7, 11) is 0. The van der Waals surface area contributed by atoms with E-state index in [0.717, 1.165) is 19.5 Å². The zero-order valence-corrected chi connectivity index (χ0v) is 9.47. The van der Waals surface area contributed by atoms with Crippen molar-refractivity contribution < 1.29 is 0 Å². The van der Waals surface area contributed by atoms with Crippen molar-refractivity contribution in [3.8, 4) is 0 Å². The van der Waals surface area contributed by atoms with E-state index in [0.29, 0.717) is 11.3 Å². The van der Waals surface area contributed by atoms with Crippen LogP contribution >= 0.6 is 0 Å². The second-order valence-electron chi connectivity index (χ2n) is 4.95. The zero-order chi connectivity index (χ0) is 10.3. The van der Waals surface area contributed by atoms with Crippen LogP contribution in [0.2, 0.25) is 0 Å². The highest BCUT2D eigenvalue weighted by Gasteiger charge is 2.19. The van der Waals surface area contributed by atoms with E-state index < -0.39 is 0 Å². The molecule has 0 aromatic carbocycles. The Hall–Kier alpha value is -0.0800. The van der Waals surface area contributed by atoms with Crippen LogP contribution in [0.1, 0.15) is 46.5 Å². The van der Waals surface area contributed by atoms with Crippen molar-refractivity contribution in [3.05, 3.63) is 0 Å². The molecule has 2 nitrogen and oxygen atoms in total. The van der Waals surface area contributed by atoms with Gasteiger partial charge in [0.05, 0.1) is 0 Å². The average Bonchev–Trinajstić information content (AvgIpc) is 2.03. The molecular weight excluding hydrogens is 160 g/mol. The van der Waals surface area contributed by atoms with Gasteiger partial charge in [0.15, 0.2) is 0 Å². The van der Waals surface area contributed by atoms with E-state index in [9.17, 15) is 0 Å². The normalized spacial score (nSPS) is 14.5. The van der Waals surface area contributed by atoms with Gasteiger partial charge in [-0.3, -0.25) is 0 Å². The summed E-state index contributed by atoms with van der Waals surface area (Å²) in [5.41, 5.74) is 11.5. The quantitative estimate of drug-likeness (QED) is 0.598. The van der Waals surface area contributed by atoms with Crippen molar-refractivity contribution in [1.29, 1.82) is 0 Å². The Balaban J connectivity index is 3.65. The summed E-state index contributed by atoms with van der Waals surface area (Å²) in [5.74, 6) is 0.646. The molecule has 0 amide bonds. The molecule has 0 radical (unpaired) electrons. The molecule has 80 valence electrons. The van der Waals surface area contributed by atoms with Crippen molar-refractivity contribution >= 4 is 0 Å². The summed E-state index contributed by atoms with van der Waals surface area (Å²) in [6.07, 6.45) is 4.91. The number of hydrogen-bond acceptors (Lipinski definition) is 2. The molecule has 1 unspecified atom stereocenters. The molecule has 0 spiro atoms. The Kier molecular flexibility index (Phi) is 6.35. The van der Waals surface area contributed by atoms with Crippen LogP contribution in [0, 0.1) is 11.3 Å². The topological polar surface area (TPSA) is 52.0 Å². The van der Waals surface area contributed by atoms with E-state index >= 15 is 0 Å². The monoisotopic (exact) mass is 186 g/mol. The molecular formula is C11H26N2. The number of unbranched alkanes of at least 4 members (excludes halogenated alkanes) is 1. The van der Waals surface area contributed by atoms with Crippen LogP contribution in [0.25, 0.3) is 0 Å². The summed E-state index contributed by atoms with van der Waals surface area (Å²) in [6.45, 7) is 8.51. The molecule has 0 aromatic rings. The third-order valence-electron chi connectivity index (χ3n) is 2.61. The lowest BCUT2D eigenvalue weighted by Gasteiger charge is -2.27. The first-order valence-electron chi connectivity index (χ1n) is 5.42. The van der Waals surface area contributed by atoms with Gasteiger partial charge in [-0.25, -0.2) is 0 Å². The predicted molar refractivity (Wildman–Crippen MR) is 59.5 cm³/mol. The number of rotatable bonds is 7. The molecule has 0 rings (SSSR count). The van der Waals surface area contributed by atoms with Gasteiger partial charge in [-0.05, 0) is 43.7 Å². The van der Waals surface area contributed by atoms with Crippen LogP contribution in [0.15, 0.2) is 0 Å². The van der Waals surface area contributed by atoms with Crippen LogP contribution in [0.3, 0.4) is 0 Å². The molecule has 0 aromatic heterocycles. The van der Waals surface area contributed by atoms with Gasteiger partial charge >= 0.3 is 0 Å². The van der Waals surface area contributed by atoms with E-state index in [2.05, 4.69) is 20.8 Å². The van der Waals surface area contributed by atoms with Gasteiger partial charge in [-0.1, -0.05) is 27.2 Å². The lowest BCUT2D eigenvalue weighted by atomic mass is 9.79. The predicted octanol–water partition coefficient (Wildman–Crippen LogP) is 2.13. The molecule has 0 bridgehead atoms. The van der Waals surface area contributed by atoms with Crippen molar-refractivity contribution in [3.63, 3.8) is 0 Å². The maximum atomic E-state index is 5.61. The van der Waals surface area contributed by atoms with Gasteiger partial charge in [0.2, 0.25) is 0 Å². The minimum atomic E-state index is 0.438. The summed E-state index contributed by atoms with van der Waals surface area (Å²) >= 11 is 0. The highest BCUT2D eigenvalue weighted by Crippen LogP contribution is 2.30. The molecule has 0 heterocycles. The van der Waals surface area contributed by atoms with Crippen molar-refractivity contribution in [1.82, 2.24) is 0 Å². The number of nitrogens with two attached hydrogens (primary N) is 2. The standard InChI is InChI=1S/C11H26N2/c1-10(9-13)8-11(2,3)6-4-5-7-12/h10H,4-9,12-13H2,1-3H3. The van der Waals surface area contributed by atoms with Crippen LogP contribution in [-0.2, 0) is 0 Å². The molecule has 1 atom stereocenters. The first-order valence-corrected chi connectivity index (χ1v) is 5.42. The molecule has 4 N–H and O–H groups in total. The molecule has 0 saturated heterocycles. The van der Waals surface area contributed by atoms with E-state index in [1.165, 1.54) is 19.3 Å². The van der Waals surface area contributed by atoms with Gasteiger partial charge in [0.1, 0.15) is 0 Å². The van der Waals surface area contributed by atoms with Crippen LogP contribution in [-0.4, -0.2) is 13.1 Å². The molecule has 13 heavy (non-hydrogen) atoms. The lowest BCUT2D eigenvalue weighted by molar-refractivity contribution is 0.252. The Morgan fingerprint density at radius 3 is 2.23 bits per heavy atom. The van der Waals surface area contributed by atoms with Crippen LogP contribution < -0.4 is 11.5 Å². The molecule has 2 heteroatoms. The van der Waals surface area contributed by atoms with Gasteiger partial charge < -0.3 is 11.5 Å². The first kappa shape index (κ1) is 12.9. The highest BCUT2D eigenvalue weighted by atomic mass is 14.5. The smallest absolute Gasteiger partial charge is 0.00513 e. The SMILES string of the molecule is CC(CN)CC(C)(C)CCCCN. The molecule has 0 aliphatic rings. The van der Waals surface area contributed by atoms with Gasteiger partial charge in [-0.2, -0.15) is 0 Å². The Morgan fingerprint density at radius 1 is 1.15 bits per heavy atom. The second kappa shape index (κ2) is 6.39. The van der Waals surface area contributed by atoms with Crippen molar-refractivity contribution in [2.24, 2.45) is 22.8 Å². The molecule has 0 fully saturated rings. The zero-order valence-electron chi connectivity index (χ0n) is 9.47. The Morgan fingerprint density at radius 2 is 1.77 bits per heavy atom. The summed E-state index contributed by atoms with van der Waals surface area (Å²) in [6, 6.07) is 0. The van der Waals surface area contributed by atoms with E-state index in [-0.39, 0.29) is 0 Å². The minimum Gasteiger partial charge on any atom is -0.330 e. The van der Waals surface area contributed by atoms with E-state index in [1.807, 2.05) is 0 Å². The highest BCUT2D eigenvalue weighted by molar-refractivity contribution is 4.72. The van der Waals surface area contributed by atoms with E-state index in [1.54, 1.807) is 0 Å². The van der Waals surface area contributed by atoms with Gasteiger partial charge in [0.25, 0.3) is 0 Å². The Labute approximate surface area is 83.1 Å². The maximum Gasteiger partial charge on any atom is -0.00513 e. The summed E-state index contributed by atoms with van der Waals surface area (Å²) in [4.78, 5) is 0. The minimum absolute atomic E-state index is 0.438. The maximum absolute atomic E-state index is 5.61. The van der Waals surface area contributed by atoms with Gasteiger partial charge in [0, 0.05) is 0 Å². The van der Waals surface area contributed by atoms with Crippen molar-refractivity contribution in [2.75, 3.05) is 13.1 Å². The van der Waals surface area contributed by atoms with Crippen LogP contribution in [0.5, 0.6) is 0 Å². The summed E-state index contributed by atoms with van der Waals surface area (Å²) < 4.78 is 0. The number of hydrogen-bond donors (Lipinski definition) is 2. The average molecular weight is 186 g/mol.